The van der Waals surface area contributed by atoms with Crippen LogP contribution in [-0.4, -0.2) is 13.1 Å². The van der Waals surface area contributed by atoms with Gasteiger partial charge in [-0.1, -0.05) is 63.3 Å². The minimum atomic E-state index is -1.22. The largest absolute Gasteiger partial charge is 0.469 e. The molecule has 0 N–H and O–H groups in total. The third-order valence-electron chi connectivity index (χ3n) is 3.33. The van der Waals surface area contributed by atoms with Crippen LogP contribution < -0.4 is 0 Å². The zero-order valence-corrected chi connectivity index (χ0v) is 13.9. The average molecular weight is 296 g/mol. The molecule has 2 heteroatoms. The van der Waals surface area contributed by atoms with Crippen molar-refractivity contribution < 1.29 is 12.3 Å². The van der Waals surface area contributed by atoms with Crippen LogP contribution in [0.1, 0.15) is 86.7 Å². The smallest absolute Gasteiger partial charge is 0.305 e. The van der Waals surface area contributed by atoms with Crippen LogP contribution in [0.3, 0.4) is 0 Å². The van der Waals surface area contributed by atoms with Gasteiger partial charge in [0.1, 0.15) is 0 Å². The highest BCUT2D eigenvalue weighted by Gasteiger charge is 1.98. The summed E-state index contributed by atoms with van der Waals surface area (Å²) < 4.78 is 20.5. The lowest BCUT2D eigenvalue weighted by atomic mass is 10.1. The van der Waals surface area contributed by atoms with E-state index in [0.717, 1.165) is 38.5 Å². The van der Waals surface area contributed by atoms with Crippen molar-refractivity contribution in [3.8, 4) is 0 Å². The fourth-order valence-electron chi connectivity index (χ4n) is 1.99. The lowest BCUT2D eigenvalue weighted by Gasteiger charge is -1.99. The average Bonchev–Trinajstić information content (AvgIpc) is 2.52. The monoisotopic (exact) mass is 296 g/mol. The predicted molar refractivity (Wildman–Crippen MR) is 91.4 cm³/mol. The van der Waals surface area contributed by atoms with E-state index in [1.165, 1.54) is 26.4 Å². The van der Waals surface area contributed by atoms with E-state index in [9.17, 15) is 4.79 Å². The number of carbonyl (C=O) groups excluding carboxylic acids is 1. The number of ether oxygens (including phenoxy) is 1. The Labute approximate surface area is 134 Å². The highest BCUT2D eigenvalue weighted by atomic mass is 16.5. The normalized spacial score (nSPS) is 13.6. The van der Waals surface area contributed by atoms with Crippen molar-refractivity contribution in [3.05, 3.63) is 24.3 Å². The number of allylic oxidation sites excluding steroid dienone is 4. The Morgan fingerprint density at radius 2 is 1.67 bits per heavy atom. The molecule has 0 bridgehead atoms. The standard InChI is InChI=1S/C19H34O2/c1-3-4-5-6-7-8-9-10-11-12-13-14-15-16-17-18-19(20)21-2/h7-8,10-11H,3-6,9,12-18H2,1-2H3/b8-7-,11-10-/i12D2. The van der Waals surface area contributed by atoms with Crippen molar-refractivity contribution in [1.29, 1.82) is 0 Å². The molecule has 0 atom stereocenters. The molecule has 0 aromatic carbocycles. The second kappa shape index (κ2) is 17.0. The van der Waals surface area contributed by atoms with E-state index < -0.39 is 6.37 Å². The first-order chi connectivity index (χ1) is 11.0. The second-order valence-electron chi connectivity index (χ2n) is 5.30. The summed E-state index contributed by atoms with van der Waals surface area (Å²) in [5.74, 6) is -0.161. The third kappa shape index (κ3) is 16.9. The van der Waals surface area contributed by atoms with Crippen molar-refractivity contribution in [3.63, 3.8) is 0 Å². The van der Waals surface area contributed by atoms with E-state index in [-0.39, 0.29) is 5.97 Å². The second-order valence-corrected chi connectivity index (χ2v) is 5.30. The summed E-state index contributed by atoms with van der Waals surface area (Å²) in [5, 5.41) is 0. The van der Waals surface area contributed by atoms with E-state index >= 15 is 0 Å². The number of esters is 1. The summed E-state index contributed by atoms with van der Waals surface area (Å²) in [7, 11) is 1.41. The molecule has 0 aliphatic rings. The molecule has 0 unspecified atom stereocenters. The maximum Gasteiger partial charge on any atom is 0.305 e. The molecule has 0 aromatic rings. The summed E-state index contributed by atoms with van der Waals surface area (Å²) in [6, 6.07) is 0. The summed E-state index contributed by atoms with van der Waals surface area (Å²) in [6.45, 7) is 2.20. The number of rotatable bonds is 14. The molecule has 0 aromatic heterocycles. The molecule has 0 radical (unpaired) electrons. The Kier molecular flexibility index (Phi) is 13.2. The summed E-state index contributed by atoms with van der Waals surface area (Å²) in [4.78, 5) is 11.0. The molecule has 0 fully saturated rings. The summed E-state index contributed by atoms with van der Waals surface area (Å²) >= 11 is 0. The minimum Gasteiger partial charge on any atom is -0.469 e. The van der Waals surface area contributed by atoms with Gasteiger partial charge in [0.25, 0.3) is 0 Å². The van der Waals surface area contributed by atoms with Crippen LogP contribution >= 0.6 is 0 Å². The molecular weight excluding hydrogens is 260 g/mol. The van der Waals surface area contributed by atoms with Gasteiger partial charge in [0.15, 0.2) is 0 Å². The Bertz CT molecular complexity index is 349. The molecule has 0 spiro atoms. The van der Waals surface area contributed by atoms with Gasteiger partial charge in [-0.3, -0.25) is 4.79 Å². The van der Waals surface area contributed by atoms with Crippen molar-refractivity contribution in [2.24, 2.45) is 0 Å². The van der Waals surface area contributed by atoms with Gasteiger partial charge in [0.2, 0.25) is 0 Å². The number of methoxy groups -OCH3 is 1. The van der Waals surface area contributed by atoms with Crippen LogP contribution in [0.25, 0.3) is 0 Å². The van der Waals surface area contributed by atoms with Crippen molar-refractivity contribution >= 4 is 5.97 Å². The van der Waals surface area contributed by atoms with E-state index in [1.54, 1.807) is 6.08 Å². The molecule has 0 aliphatic carbocycles. The lowest BCUT2D eigenvalue weighted by molar-refractivity contribution is -0.140. The lowest BCUT2D eigenvalue weighted by Crippen LogP contribution is -1.98. The van der Waals surface area contributed by atoms with Gasteiger partial charge in [-0.2, -0.15) is 0 Å². The van der Waals surface area contributed by atoms with E-state index in [0.29, 0.717) is 12.8 Å². The van der Waals surface area contributed by atoms with Crippen LogP contribution in [0, 0.1) is 0 Å². The first kappa shape index (κ1) is 16.3. The summed E-state index contributed by atoms with van der Waals surface area (Å²) in [5.41, 5.74) is 0. The molecule has 21 heavy (non-hydrogen) atoms. The number of carbonyl (C=O) groups is 1. The molecule has 0 amide bonds. The molecule has 0 saturated heterocycles. The fourth-order valence-corrected chi connectivity index (χ4v) is 1.99. The van der Waals surface area contributed by atoms with Gasteiger partial charge in [-0.05, 0) is 38.5 Å². The number of hydrogen-bond donors (Lipinski definition) is 0. The Morgan fingerprint density at radius 1 is 0.952 bits per heavy atom. The van der Waals surface area contributed by atoms with Crippen molar-refractivity contribution in [2.45, 2.75) is 83.9 Å². The van der Waals surface area contributed by atoms with Crippen LogP contribution in [0.15, 0.2) is 24.3 Å². The van der Waals surface area contributed by atoms with Crippen molar-refractivity contribution in [2.75, 3.05) is 7.11 Å². The zero-order valence-electron chi connectivity index (χ0n) is 15.9. The third-order valence-corrected chi connectivity index (χ3v) is 3.33. The van der Waals surface area contributed by atoms with Gasteiger partial charge in [-0.25, -0.2) is 0 Å². The van der Waals surface area contributed by atoms with Crippen LogP contribution in [0.5, 0.6) is 0 Å². The first-order valence-electron chi connectivity index (χ1n) is 9.41. The van der Waals surface area contributed by atoms with Crippen LogP contribution in [0.4, 0.5) is 0 Å². The van der Waals surface area contributed by atoms with E-state index in [4.69, 9.17) is 2.74 Å². The Balaban J connectivity index is 3.66. The van der Waals surface area contributed by atoms with Gasteiger partial charge < -0.3 is 4.74 Å². The molecule has 0 aliphatic heterocycles. The molecule has 0 rings (SSSR count). The Hall–Kier alpha value is -1.05. The molecule has 0 heterocycles. The highest BCUT2D eigenvalue weighted by Crippen LogP contribution is 2.08. The molecule has 0 saturated carbocycles. The number of unbranched alkanes of at least 4 members (excludes halogenated alkanes) is 6. The van der Waals surface area contributed by atoms with E-state index in [1.807, 2.05) is 6.08 Å². The number of hydrogen-bond acceptors (Lipinski definition) is 2. The molecular formula is C19H34O2. The topological polar surface area (TPSA) is 26.3 Å². The zero-order chi connectivity index (χ0) is 17.4. The van der Waals surface area contributed by atoms with Crippen LogP contribution in [-0.2, 0) is 9.53 Å². The first-order valence-corrected chi connectivity index (χ1v) is 8.41. The van der Waals surface area contributed by atoms with Gasteiger partial charge in [0.05, 0.1) is 7.11 Å². The van der Waals surface area contributed by atoms with Crippen molar-refractivity contribution in [1.82, 2.24) is 0 Å². The quantitative estimate of drug-likeness (QED) is 0.224. The van der Waals surface area contributed by atoms with Gasteiger partial charge in [0, 0.05) is 9.16 Å². The SMILES string of the molecule is [2H]C([2H])(/C=C\C/C=C\CCCCC)CCCCCCC(=O)OC. The molecule has 122 valence electrons. The van der Waals surface area contributed by atoms with E-state index in [2.05, 4.69) is 23.8 Å². The fraction of sp³-hybridized carbons (Fsp3) is 0.737. The van der Waals surface area contributed by atoms with Crippen LogP contribution in [0.2, 0.25) is 0 Å². The maximum absolute atomic E-state index is 11.0. The minimum absolute atomic E-state index is 0.161. The van der Waals surface area contributed by atoms with Gasteiger partial charge in [-0.15, -0.1) is 0 Å². The van der Waals surface area contributed by atoms with Gasteiger partial charge >= 0.3 is 5.97 Å². The summed E-state index contributed by atoms with van der Waals surface area (Å²) in [6.07, 6.45) is 17.0. The molecule has 2 nitrogen and oxygen atoms in total. The maximum atomic E-state index is 11.0. The Morgan fingerprint density at radius 3 is 2.43 bits per heavy atom. The highest BCUT2D eigenvalue weighted by molar-refractivity contribution is 5.68. The predicted octanol–water partition coefficient (Wildman–Crippen LogP) is 5.97.